The molecule has 0 saturated heterocycles. The van der Waals surface area contributed by atoms with Crippen molar-refractivity contribution in [3.63, 3.8) is 0 Å². The van der Waals surface area contributed by atoms with Crippen LogP contribution < -0.4 is 14.8 Å². The zero-order valence-corrected chi connectivity index (χ0v) is 15.7. The topological polar surface area (TPSA) is 67.9 Å². The highest BCUT2D eigenvalue weighted by Gasteiger charge is 2.18. The number of carbonyl (C=O) groups is 2. The Hall–Kier alpha value is -3.02. The Balaban J connectivity index is 1.55. The molecule has 0 aromatic heterocycles. The summed E-state index contributed by atoms with van der Waals surface area (Å²) in [5.41, 5.74) is 3.00. The Kier molecular flexibility index (Phi) is 5.96. The summed E-state index contributed by atoms with van der Waals surface area (Å²) in [6, 6.07) is 13.0. The molecule has 0 atom stereocenters. The summed E-state index contributed by atoms with van der Waals surface area (Å²) in [4.78, 5) is 25.6. The van der Waals surface area contributed by atoms with E-state index in [1.807, 2.05) is 30.0 Å². The minimum Gasteiger partial charge on any atom is -0.494 e. The number of benzene rings is 2. The first-order chi connectivity index (χ1) is 13.0. The Labute approximate surface area is 159 Å². The van der Waals surface area contributed by atoms with Crippen LogP contribution in [0.5, 0.6) is 11.5 Å². The molecule has 2 aromatic rings. The van der Waals surface area contributed by atoms with Gasteiger partial charge in [-0.2, -0.15) is 0 Å². The summed E-state index contributed by atoms with van der Waals surface area (Å²) in [6.07, 6.45) is 0.837. The van der Waals surface area contributed by atoms with Gasteiger partial charge in [-0.05, 0) is 60.9 Å². The van der Waals surface area contributed by atoms with Gasteiger partial charge in [0.2, 0.25) is 5.91 Å². The van der Waals surface area contributed by atoms with Crippen LogP contribution in [0.3, 0.4) is 0 Å². The van der Waals surface area contributed by atoms with Crippen molar-refractivity contribution in [1.29, 1.82) is 0 Å². The highest BCUT2D eigenvalue weighted by Crippen LogP contribution is 2.23. The van der Waals surface area contributed by atoms with Crippen LogP contribution in [0.1, 0.15) is 25.0 Å². The number of hydrogen-bond acceptors (Lipinski definition) is 4. The molecule has 1 heterocycles. The molecule has 142 valence electrons. The highest BCUT2D eigenvalue weighted by atomic mass is 16.5. The SMILES string of the molecule is CCOc1ccc(OCC(=O)Nc2ccc3c(c2)CN(C(C)=O)CC3)cc1. The smallest absolute Gasteiger partial charge is 0.262 e. The van der Waals surface area contributed by atoms with Gasteiger partial charge in [0.1, 0.15) is 11.5 Å². The second kappa shape index (κ2) is 8.58. The van der Waals surface area contributed by atoms with E-state index in [1.54, 1.807) is 31.2 Å². The van der Waals surface area contributed by atoms with Gasteiger partial charge >= 0.3 is 0 Å². The van der Waals surface area contributed by atoms with E-state index < -0.39 is 0 Å². The second-order valence-corrected chi connectivity index (χ2v) is 6.42. The van der Waals surface area contributed by atoms with Gasteiger partial charge in [-0.3, -0.25) is 9.59 Å². The van der Waals surface area contributed by atoms with Gasteiger partial charge in [-0.15, -0.1) is 0 Å². The lowest BCUT2D eigenvalue weighted by atomic mass is 9.99. The average Bonchev–Trinajstić information content (AvgIpc) is 2.67. The summed E-state index contributed by atoms with van der Waals surface area (Å²) in [6.45, 7) is 5.35. The van der Waals surface area contributed by atoms with Gasteiger partial charge in [0.05, 0.1) is 6.61 Å². The van der Waals surface area contributed by atoms with Crippen molar-refractivity contribution in [3.8, 4) is 11.5 Å². The molecule has 0 bridgehead atoms. The van der Waals surface area contributed by atoms with E-state index in [4.69, 9.17) is 9.47 Å². The van der Waals surface area contributed by atoms with E-state index in [0.717, 1.165) is 24.3 Å². The largest absolute Gasteiger partial charge is 0.494 e. The summed E-state index contributed by atoms with van der Waals surface area (Å²) >= 11 is 0. The zero-order chi connectivity index (χ0) is 19.2. The number of nitrogens with one attached hydrogen (secondary N) is 1. The molecule has 0 aliphatic carbocycles. The van der Waals surface area contributed by atoms with Crippen LogP contribution in [0.15, 0.2) is 42.5 Å². The monoisotopic (exact) mass is 368 g/mol. The molecule has 1 aliphatic heterocycles. The van der Waals surface area contributed by atoms with Gasteiger partial charge in [-0.1, -0.05) is 6.07 Å². The summed E-state index contributed by atoms with van der Waals surface area (Å²) < 4.78 is 10.9. The van der Waals surface area contributed by atoms with Gasteiger partial charge in [-0.25, -0.2) is 0 Å². The Morgan fingerprint density at radius 2 is 1.74 bits per heavy atom. The van der Waals surface area contributed by atoms with Gasteiger partial charge in [0, 0.05) is 25.7 Å². The number of hydrogen-bond donors (Lipinski definition) is 1. The van der Waals surface area contributed by atoms with E-state index in [9.17, 15) is 9.59 Å². The quantitative estimate of drug-likeness (QED) is 0.851. The summed E-state index contributed by atoms with van der Waals surface area (Å²) in [5, 5.41) is 2.85. The number of anilines is 1. The van der Waals surface area contributed by atoms with Crippen molar-refractivity contribution in [1.82, 2.24) is 4.90 Å². The third-order valence-corrected chi connectivity index (χ3v) is 4.45. The van der Waals surface area contributed by atoms with Crippen LogP contribution in [-0.2, 0) is 22.6 Å². The van der Waals surface area contributed by atoms with Crippen molar-refractivity contribution in [2.75, 3.05) is 25.1 Å². The number of ether oxygens (including phenoxy) is 2. The maximum Gasteiger partial charge on any atom is 0.262 e. The first-order valence-electron chi connectivity index (χ1n) is 9.08. The standard InChI is InChI=1S/C21H24N2O4/c1-3-26-19-6-8-20(9-7-19)27-14-21(25)22-18-5-4-16-10-11-23(15(2)24)13-17(16)12-18/h4-9,12H,3,10-11,13-14H2,1-2H3,(H,22,25). The fourth-order valence-corrected chi connectivity index (χ4v) is 3.05. The zero-order valence-electron chi connectivity index (χ0n) is 15.7. The summed E-state index contributed by atoms with van der Waals surface area (Å²) in [7, 11) is 0. The first kappa shape index (κ1) is 18.8. The normalized spacial score (nSPS) is 12.9. The van der Waals surface area contributed by atoms with Crippen LogP contribution in [0.2, 0.25) is 0 Å². The number of carbonyl (C=O) groups excluding carboxylic acids is 2. The first-order valence-corrected chi connectivity index (χ1v) is 9.08. The molecule has 6 nitrogen and oxygen atoms in total. The van der Waals surface area contributed by atoms with E-state index >= 15 is 0 Å². The maximum absolute atomic E-state index is 12.2. The lowest BCUT2D eigenvalue weighted by Crippen LogP contribution is -2.34. The van der Waals surface area contributed by atoms with Crippen molar-refractivity contribution in [3.05, 3.63) is 53.6 Å². The van der Waals surface area contributed by atoms with Gasteiger partial charge in [0.15, 0.2) is 6.61 Å². The molecule has 2 amide bonds. The minimum atomic E-state index is -0.233. The van der Waals surface area contributed by atoms with Crippen LogP contribution >= 0.6 is 0 Å². The van der Waals surface area contributed by atoms with Crippen LogP contribution in [0.25, 0.3) is 0 Å². The molecule has 0 fully saturated rings. The molecule has 1 N–H and O–H groups in total. The van der Waals surface area contributed by atoms with Crippen molar-refractivity contribution < 1.29 is 19.1 Å². The number of amides is 2. The van der Waals surface area contributed by atoms with Crippen molar-refractivity contribution >= 4 is 17.5 Å². The highest BCUT2D eigenvalue weighted by molar-refractivity contribution is 5.92. The van der Waals surface area contributed by atoms with E-state index in [1.165, 1.54) is 5.56 Å². The fraction of sp³-hybridized carbons (Fsp3) is 0.333. The maximum atomic E-state index is 12.2. The third-order valence-electron chi connectivity index (χ3n) is 4.45. The Morgan fingerprint density at radius 1 is 1.04 bits per heavy atom. The van der Waals surface area contributed by atoms with Crippen LogP contribution in [-0.4, -0.2) is 36.5 Å². The van der Waals surface area contributed by atoms with E-state index in [0.29, 0.717) is 24.6 Å². The molecule has 0 radical (unpaired) electrons. The van der Waals surface area contributed by atoms with E-state index in [-0.39, 0.29) is 18.4 Å². The predicted octanol–water partition coefficient (Wildman–Crippen LogP) is 3.01. The molecule has 0 unspecified atom stereocenters. The Morgan fingerprint density at radius 3 is 2.41 bits per heavy atom. The van der Waals surface area contributed by atoms with E-state index in [2.05, 4.69) is 5.32 Å². The van der Waals surface area contributed by atoms with Crippen LogP contribution in [0.4, 0.5) is 5.69 Å². The lowest BCUT2D eigenvalue weighted by molar-refractivity contribution is -0.129. The Bertz CT molecular complexity index is 817. The molecule has 3 rings (SSSR count). The molecule has 1 aliphatic rings. The molecule has 6 heteroatoms. The number of rotatable bonds is 6. The van der Waals surface area contributed by atoms with Gasteiger partial charge < -0.3 is 19.7 Å². The lowest BCUT2D eigenvalue weighted by Gasteiger charge is -2.28. The molecular weight excluding hydrogens is 344 g/mol. The molecule has 27 heavy (non-hydrogen) atoms. The third kappa shape index (κ3) is 5.00. The van der Waals surface area contributed by atoms with Crippen molar-refractivity contribution in [2.24, 2.45) is 0 Å². The average molecular weight is 368 g/mol. The number of fused-ring (bicyclic) bond motifs is 1. The molecule has 0 spiro atoms. The molecule has 2 aromatic carbocycles. The second-order valence-electron chi connectivity index (χ2n) is 6.42. The number of nitrogens with zero attached hydrogens (tertiary/aromatic N) is 1. The fourth-order valence-electron chi connectivity index (χ4n) is 3.05. The molecular formula is C21H24N2O4. The van der Waals surface area contributed by atoms with Crippen LogP contribution in [0, 0.1) is 0 Å². The van der Waals surface area contributed by atoms with Crippen molar-refractivity contribution in [2.45, 2.75) is 26.8 Å². The molecule has 0 saturated carbocycles. The minimum absolute atomic E-state index is 0.0684. The predicted molar refractivity (Wildman–Crippen MR) is 103 cm³/mol. The summed E-state index contributed by atoms with van der Waals surface area (Å²) in [5.74, 6) is 1.21. The van der Waals surface area contributed by atoms with Gasteiger partial charge in [0.25, 0.3) is 5.91 Å².